The van der Waals surface area contributed by atoms with Crippen LogP contribution in [0.3, 0.4) is 0 Å². The fraction of sp³-hybridized carbons (Fsp3) is 0.417. The van der Waals surface area contributed by atoms with Gasteiger partial charge in [0.1, 0.15) is 17.2 Å². The summed E-state index contributed by atoms with van der Waals surface area (Å²) in [4.78, 5) is 13.4. The number of benzene rings is 1. The van der Waals surface area contributed by atoms with Crippen LogP contribution < -0.4 is 0 Å². The Bertz CT molecular complexity index is 395. The Morgan fingerprint density at radius 2 is 1.94 bits per heavy atom. The topological polar surface area (TPSA) is 29.5 Å². The number of methoxy groups -OCH3 is 1. The lowest BCUT2D eigenvalue weighted by Crippen LogP contribution is -2.36. The lowest BCUT2D eigenvalue weighted by molar-refractivity contribution is 0.0699. The zero-order chi connectivity index (χ0) is 13.5. The molecule has 0 atom stereocenters. The van der Waals surface area contributed by atoms with Gasteiger partial charge in [0.2, 0.25) is 0 Å². The van der Waals surface area contributed by atoms with Crippen LogP contribution >= 0.6 is 15.9 Å². The maximum Gasteiger partial charge on any atom is 0.259 e. The molecule has 0 unspecified atom stereocenters. The van der Waals surface area contributed by atoms with Crippen molar-refractivity contribution in [3.05, 3.63) is 35.4 Å². The molecule has 0 aromatic heterocycles. The Morgan fingerprint density at radius 1 is 1.33 bits per heavy atom. The van der Waals surface area contributed by atoms with Gasteiger partial charge in [0.15, 0.2) is 0 Å². The molecule has 0 saturated carbocycles. The summed E-state index contributed by atoms with van der Waals surface area (Å²) in [5.74, 6) is -2.36. The molecule has 1 aromatic carbocycles. The summed E-state index contributed by atoms with van der Waals surface area (Å²) in [5.41, 5.74) is -0.519. The van der Waals surface area contributed by atoms with Crippen LogP contribution in [0, 0.1) is 11.6 Å². The third kappa shape index (κ3) is 3.74. The summed E-state index contributed by atoms with van der Waals surface area (Å²) in [6.07, 6.45) is 0. The number of rotatable bonds is 6. The molecule has 0 bridgehead atoms. The number of nitrogens with zero attached hydrogens (tertiary/aromatic N) is 1. The average Bonchev–Trinajstić information content (AvgIpc) is 2.34. The van der Waals surface area contributed by atoms with Gasteiger partial charge in [-0.15, -0.1) is 0 Å². The van der Waals surface area contributed by atoms with E-state index in [2.05, 4.69) is 15.9 Å². The highest BCUT2D eigenvalue weighted by molar-refractivity contribution is 9.09. The number of ether oxygens (including phenoxy) is 1. The van der Waals surface area contributed by atoms with E-state index in [9.17, 15) is 13.6 Å². The lowest BCUT2D eigenvalue weighted by atomic mass is 10.1. The minimum atomic E-state index is -0.850. The van der Waals surface area contributed by atoms with E-state index in [1.807, 2.05) is 0 Å². The number of amides is 1. The number of alkyl halides is 1. The van der Waals surface area contributed by atoms with Crippen molar-refractivity contribution in [2.75, 3.05) is 32.1 Å². The number of carbonyl (C=O) groups excluding carboxylic acids is 1. The molecule has 0 radical (unpaired) electrons. The molecule has 1 rings (SSSR count). The number of hydrogen-bond acceptors (Lipinski definition) is 2. The Kier molecular flexibility index (Phi) is 6.21. The molecule has 18 heavy (non-hydrogen) atoms. The van der Waals surface area contributed by atoms with E-state index in [0.29, 0.717) is 18.5 Å². The number of hydrogen-bond donors (Lipinski definition) is 0. The Labute approximate surface area is 113 Å². The summed E-state index contributed by atoms with van der Waals surface area (Å²) in [7, 11) is 1.50. The molecule has 100 valence electrons. The summed E-state index contributed by atoms with van der Waals surface area (Å²) in [5, 5.41) is 0.526. The predicted octanol–water partition coefficient (Wildman–Crippen LogP) is 2.45. The average molecular weight is 322 g/mol. The van der Waals surface area contributed by atoms with Crippen molar-refractivity contribution >= 4 is 21.8 Å². The van der Waals surface area contributed by atoms with Gasteiger partial charge in [-0.2, -0.15) is 0 Å². The zero-order valence-electron chi connectivity index (χ0n) is 9.96. The predicted molar refractivity (Wildman–Crippen MR) is 67.9 cm³/mol. The van der Waals surface area contributed by atoms with Gasteiger partial charge in [0, 0.05) is 25.5 Å². The van der Waals surface area contributed by atoms with Crippen molar-refractivity contribution < 1.29 is 18.3 Å². The molecule has 0 saturated heterocycles. The van der Waals surface area contributed by atoms with Crippen LogP contribution in [0.4, 0.5) is 8.78 Å². The van der Waals surface area contributed by atoms with Crippen molar-refractivity contribution in [3.8, 4) is 0 Å². The lowest BCUT2D eigenvalue weighted by Gasteiger charge is -2.21. The molecular formula is C12H14BrF2NO2. The highest BCUT2D eigenvalue weighted by Gasteiger charge is 2.22. The molecule has 0 aliphatic rings. The van der Waals surface area contributed by atoms with Crippen molar-refractivity contribution in [1.82, 2.24) is 4.90 Å². The first-order chi connectivity index (χ1) is 8.61. The second-order valence-electron chi connectivity index (χ2n) is 3.57. The van der Waals surface area contributed by atoms with Gasteiger partial charge >= 0.3 is 0 Å². The van der Waals surface area contributed by atoms with Crippen LogP contribution in [0.25, 0.3) is 0 Å². The molecule has 0 aliphatic heterocycles. The van der Waals surface area contributed by atoms with E-state index in [1.54, 1.807) is 0 Å². The van der Waals surface area contributed by atoms with E-state index in [0.717, 1.165) is 12.1 Å². The van der Waals surface area contributed by atoms with Crippen molar-refractivity contribution in [2.24, 2.45) is 0 Å². The van der Waals surface area contributed by atoms with Gasteiger partial charge in [-0.1, -0.05) is 22.0 Å². The Balaban J connectivity index is 2.94. The van der Waals surface area contributed by atoms with Crippen molar-refractivity contribution in [2.45, 2.75) is 0 Å². The maximum absolute atomic E-state index is 13.5. The molecule has 1 aromatic rings. The van der Waals surface area contributed by atoms with Crippen LogP contribution in [0.5, 0.6) is 0 Å². The summed E-state index contributed by atoms with van der Waals surface area (Å²) in [6.45, 7) is 0.958. The third-order valence-electron chi connectivity index (χ3n) is 2.38. The second-order valence-corrected chi connectivity index (χ2v) is 4.36. The highest BCUT2D eigenvalue weighted by Crippen LogP contribution is 2.14. The standard InChI is InChI=1S/C12H14BrF2NO2/c1-18-8-7-16(6-5-13)12(17)11-9(14)3-2-4-10(11)15/h2-4H,5-8H2,1H3. The number of halogens is 3. The van der Waals surface area contributed by atoms with E-state index < -0.39 is 23.1 Å². The van der Waals surface area contributed by atoms with Crippen molar-refractivity contribution in [1.29, 1.82) is 0 Å². The van der Waals surface area contributed by atoms with Crippen LogP contribution in [-0.4, -0.2) is 42.9 Å². The molecule has 6 heteroatoms. The minimum absolute atomic E-state index is 0.286. The fourth-order valence-electron chi connectivity index (χ4n) is 1.48. The molecule has 0 aliphatic carbocycles. The molecule has 0 fully saturated rings. The maximum atomic E-state index is 13.5. The third-order valence-corrected chi connectivity index (χ3v) is 2.74. The molecule has 0 N–H and O–H groups in total. The van der Waals surface area contributed by atoms with E-state index in [-0.39, 0.29) is 6.54 Å². The van der Waals surface area contributed by atoms with Gasteiger partial charge < -0.3 is 9.64 Å². The van der Waals surface area contributed by atoms with Crippen molar-refractivity contribution in [3.63, 3.8) is 0 Å². The van der Waals surface area contributed by atoms with Crippen LogP contribution in [-0.2, 0) is 4.74 Å². The van der Waals surface area contributed by atoms with Gasteiger partial charge in [0.25, 0.3) is 5.91 Å². The van der Waals surface area contributed by atoms with Crippen LogP contribution in [0.2, 0.25) is 0 Å². The quantitative estimate of drug-likeness (QED) is 0.753. The highest BCUT2D eigenvalue weighted by atomic mass is 79.9. The van der Waals surface area contributed by atoms with Gasteiger partial charge in [-0.05, 0) is 12.1 Å². The molecular weight excluding hydrogens is 308 g/mol. The minimum Gasteiger partial charge on any atom is -0.383 e. The van der Waals surface area contributed by atoms with Gasteiger partial charge in [-0.25, -0.2) is 8.78 Å². The summed E-state index contributed by atoms with van der Waals surface area (Å²) in [6, 6.07) is 3.36. The molecule has 0 heterocycles. The largest absolute Gasteiger partial charge is 0.383 e. The van der Waals surface area contributed by atoms with Crippen LogP contribution in [0.15, 0.2) is 18.2 Å². The first-order valence-corrected chi connectivity index (χ1v) is 6.52. The first-order valence-electron chi connectivity index (χ1n) is 5.40. The van der Waals surface area contributed by atoms with Gasteiger partial charge in [-0.3, -0.25) is 4.79 Å². The van der Waals surface area contributed by atoms with E-state index in [1.165, 1.54) is 18.1 Å². The summed E-state index contributed by atoms with van der Waals surface area (Å²) < 4.78 is 31.9. The Hall–Kier alpha value is -1.01. The first kappa shape index (κ1) is 15.0. The number of carbonyl (C=O) groups is 1. The van der Waals surface area contributed by atoms with E-state index >= 15 is 0 Å². The zero-order valence-corrected chi connectivity index (χ0v) is 11.5. The molecule has 0 spiro atoms. The fourth-order valence-corrected chi connectivity index (χ4v) is 1.91. The van der Waals surface area contributed by atoms with Gasteiger partial charge in [0.05, 0.1) is 6.61 Å². The normalized spacial score (nSPS) is 10.4. The summed E-state index contributed by atoms with van der Waals surface area (Å²) >= 11 is 3.20. The monoisotopic (exact) mass is 321 g/mol. The SMILES string of the molecule is COCCN(CCBr)C(=O)c1c(F)cccc1F. The smallest absolute Gasteiger partial charge is 0.259 e. The molecule has 1 amide bonds. The van der Waals surface area contributed by atoms with Crippen LogP contribution in [0.1, 0.15) is 10.4 Å². The Morgan fingerprint density at radius 3 is 2.44 bits per heavy atom. The second kappa shape index (κ2) is 7.43. The molecule has 3 nitrogen and oxygen atoms in total. The van der Waals surface area contributed by atoms with E-state index in [4.69, 9.17) is 4.74 Å².